The number of carbonyl (C=O) groups is 2. The molecule has 0 unspecified atom stereocenters. The van der Waals surface area contributed by atoms with Crippen molar-refractivity contribution < 1.29 is 23.8 Å². The van der Waals surface area contributed by atoms with Gasteiger partial charge in [0.05, 0.1) is 17.4 Å². The van der Waals surface area contributed by atoms with Crippen LogP contribution in [0.25, 0.3) is 11.0 Å². The number of nitrogens with one attached hydrogen (secondary N) is 1. The molecule has 0 saturated carbocycles. The lowest BCUT2D eigenvalue weighted by Gasteiger charge is -2.20. The van der Waals surface area contributed by atoms with Crippen LogP contribution >= 0.6 is 11.8 Å². The SMILES string of the molecule is Cc1cc(OCC(=O)N[C@@H](CSCc2ccccc2)C(=O)[O-])c2c(C)c(Cc3ccccc3)c(=O)oc2c1. The first-order valence-electron chi connectivity index (χ1n) is 12.2. The van der Waals surface area contributed by atoms with E-state index in [0.29, 0.717) is 40.0 Å². The fourth-order valence-electron chi connectivity index (χ4n) is 4.17. The lowest BCUT2D eigenvalue weighted by molar-refractivity contribution is -0.307. The number of carbonyl (C=O) groups excluding carboxylic acids is 2. The van der Waals surface area contributed by atoms with E-state index in [2.05, 4.69) is 5.32 Å². The van der Waals surface area contributed by atoms with Crippen LogP contribution < -0.4 is 20.8 Å². The van der Waals surface area contributed by atoms with E-state index in [1.807, 2.05) is 74.5 Å². The molecule has 0 spiro atoms. The van der Waals surface area contributed by atoms with Crippen molar-refractivity contribution in [3.05, 3.63) is 111 Å². The van der Waals surface area contributed by atoms with Crippen molar-refractivity contribution >= 4 is 34.6 Å². The topological polar surface area (TPSA) is 109 Å². The normalized spacial score (nSPS) is 11.7. The van der Waals surface area contributed by atoms with Gasteiger partial charge in [-0.05, 0) is 48.2 Å². The van der Waals surface area contributed by atoms with E-state index in [-0.39, 0.29) is 5.75 Å². The lowest BCUT2D eigenvalue weighted by Crippen LogP contribution is -2.50. The molecular formula is C30H28NO6S-. The van der Waals surface area contributed by atoms with Gasteiger partial charge in [0.1, 0.15) is 11.3 Å². The molecule has 3 aromatic carbocycles. The second kappa shape index (κ2) is 12.5. The maximum absolute atomic E-state index is 12.8. The molecule has 8 heteroatoms. The van der Waals surface area contributed by atoms with Gasteiger partial charge in [0.25, 0.3) is 5.91 Å². The third-order valence-electron chi connectivity index (χ3n) is 6.09. The Morgan fingerprint density at radius 3 is 2.32 bits per heavy atom. The summed E-state index contributed by atoms with van der Waals surface area (Å²) >= 11 is 1.39. The number of hydrogen-bond donors (Lipinski definition) is 1. The average molecular weight is 531 g/mol. The van der Waals surface area contributed by atoms with Gasteiger partial charge in [-0.3, -0.25) is 4.79 Å². The monoisotopic (exact) mass is 530 g/mol. The fraction of sp³-hybridized carbons (Fsp3) is 0.233. The molecule has 0 aliphatic carbocycles. The summed E-state index contributed by atoms with van der Waals surface area (Å²) in [7, 11) is 0. The Morgan fingerprint density at radius 1 is 1.00 bits per heavy atom. The number of rotatable bonds is 11. The van der Waals surface area contributed by atoms with Gasteiger partial charge in [0, 0.05) is 23.5 Å². The van der Waals surface area contributed by atoms with Crippen LogP contribution in [0.15, 0.2) is 82.0 Å². The predicted octanol–water partition coefficient (Wildman–Crippen LogP) is 3.55. The molecule has 38 heavy (non-hydrogen) atoms. The second-order valence-electron chi connectivity index (χ2n) is 9.02. The molecule has 1 atom stereocenters. The zero-order valence-electron chi connectivity index (χ0n) is 21.2. The van der Waals surface area contributed by atoms with Crippen LogP contribution in [0.4, 0.5) is 0 Å². The molecule has 7 nitrogen and oxygen atoms in total. The molecule has 4 aromatic rings. The number of aryl methyl sites for hydroxylation is 2. The summed E-state index contributed by atoms with van der Waals surface area (Å²) in [6.07, 6.45) is 0.396. The quantitative estimate of drug-likeness (QED) is 0.296. The van der Waals surface area contributed by atoms with Gasteiger partial charge >= 0.3 is 5.63 Å². The first-order chi connectivity index (χ1) is 18.3. The summed E-state index contributed by atoms with van der Waals surface area (Å²) in [6, 6.07) is 21.6. The molecule has 1 N–H and O–H groups in total. The van der Waals surface area contributed by atoms with Crippen LogP contribution in [-0.2, 0) is 21.8 Å². The number of carboxylic acid groups (broad SMARTS) is 1. The van der Waals surface area contributed by atoms with Crippen LogP contribution in [0.5, 0.6) is 5.75 Å². The van der Waals surface area contributed by atoms with Gasteiger partial charge < -0.3 is 24.4 Å². The second-order valence-corrected chi connectivity index (χ2v) is 10.1. The smallest absolute Gasteiger partial charge is 0.340 e. The van der Waals surface area contributed by atoms with Crippen LogP contribution in [-0.4, -0.2) is 30.3 Å². The van der Waals surface area contributed by atoms with Crippen molar-refractivity contribution in [1.29, 1.82) is 0 Å². The first kappa shape index (κ1) is 27.0. The number of thioether (sulfide) groups is 1. The number of benzene rings is 3. The largest absolute Gasteiger partial charge is 0.548 e. The Labute approximate surface area is 224 Å². The third-order valence-corrected chi connectivity index (χ3v) is 7.19. The van der Waals surface area contributed by atoms with Crippen molar-refractivity contribution in [3.63, 3.8) is 0 Å². The van der Waals surface area contributed by atoms with Crippen molar-refractivity contribution in [2.24, 2.45) is 0 Å². The highest BCUT2D eigenvalue weighted by atomic mass is 32.2. The predicted molar refractivity (Wildman–Crippen MR) is 146 cm³/mol. The highest BCUT2D eigenvalue weighted by molar-refractivity contribution is 7.98. The van der Waals surface area contributed by atoms with E-state index in [1.165, 1.54) is 11.8 Å². The highest BCUT2D eigenvalue weighted by Crippen LogP contribution is 2.31. The van der Waals surface area contributed by atoms with Gasteiger partial charge in [0.2, 0.25) is 0 Å². The maximum atomic E-state index is 12.8. The summed E-state index contributed by atoms with van der Waals surface area (Å²) < 4.78 is 11.5. The molecule has 0 saturated heterocycles. The highest BCUT2D eigenvalue weighted by Gasteiger charge is 2.19. The van der Waals surface area contributed by atoms with Crippen molar-refractivity contribution in [3.8, 4) is 5.75 Å². The zero-order chi connectivity index (χ0) is 27.1. The molecular weight excluding hydrogens is 502 g/mol. The van der Waals surface area contributed by atoms with Gasteiger partial charge in [0.15, 0.2) is 6.61 Å². The van der Waals surface area contributed by atoms with Crippen molar-refractivity contribution in [1.82, 2.24) is 5.32 Å². The number of ether oxygens (including phenoxy) is 1. The summed E-state index contributed by atoms with van der Waals surface area (Å²) in [5, 5.41) is 14.7. The van der Waals surface area contributed by atoms with Crippen molar-refractivity contribution in [2.45, 2.75) is 32.1 Å². The van der Waals surface area contributed by atoms with Gasteiger partial charge in [-0.1, -0.05) is 60.7 Å². The number of fused-ring (bicyclic) bond motifs is 1. The number of hydrogen-bond acceptors (Lipinski definition) is 7. The van der Waals surface area contributed by atoms with Gasteiger partial charge in [-0.25, -0.2) is 4.79 Å². The molecule has 1 amide bonds. The van der Waals surface area contributed by atoms with Gasteiger partial charge in [-0.15, -0.1) is 0 Å². The van der Waals surface area contributed by atoms with E-state index in [9.17, 15) is 19.5 Å². The first-order valence-corrected chi connectivity index (χ1v) is 13.3. The maximum Gasteiger partial charge on any atom is 0.340 e. The number of carboxylic acids is 1. The van der Waals surface area contributed by atoms with Crippen LogP contribution in [0, 0.1) is 13.8 Å². The summed E-state index contributed by atoms with van der Waals surface area (Å²) in [5.41, 5.74) is 3.98. The minimum absolute atomic E-state index is 0.156. The minimum Gasteiger partial charge on any atom is -0.548 e. The van der Waals surface area contributed by atoms with E-state index in [4.69, 9.17) is 9.15 Å². The van der Waals surface area contributed by atoms with Crippen LogP contribution in [0.1, 0.15) is 27.8 Å². The Hall–Kier alpha value is -4.04. The van der Waals surface area contributed by atoms with Gasteiger partial charge in [-0.2, -0.15) is 11.8 Å². The Kier molecular flexibility index (Phi) is 8.86. The Bertz CT molecular complexity index is 1480. The molecule has 4 rings (SSSR count). The van der Waals surface area contributed by atoms with E-state index in [1.54, 1.807) is 12.1 Å². The number of amides is 1. The van der Waals surface area contributed by atoms with E-state index < -0.39 is 30.2 Å². The Morgan fingerprint density at radius 2 is 1.66 bits per heavy atom. The third kappa shape index (κ3) is 6.83. The van der Waals surface area contributed by atoms with E-state index >= 15 is 0 Å². The molecule has 0 aliphatic rings. The fourth-order valence-corrected chi connectivity index (χ4v) is 5.17. The summed E-state index contributed by atoms with van der Waals surface area (Å²) in [6.45, 7) is 3.25. The zero-order valence-corrected chi connectivity index (χ0v) is 22.0. The molecule has 1 heterocycles. The van der Waals surface area contributed by atoms with E-state index in [0.717, 1.165) is 16.7 Å². The average Bonchev–Trinajstić information content (AvgIpc) is 2.90. The Balaban J connectivity index is 1.47. The molecule has 1 aromatic heterocycles. The standard InChI is InChI=1S/C30H29NO6S/c1-19-13-25(28-20(2)23(30(35)37-26(28)14-19)15-21-9-5-3-6-10-21)36-16-27(32)31-24(29(33)34)18-38-17-22-11-7-4-8-12-22/h3-14,24H,15-18H2,1-2H3,(H,31,32)(H,33,34)/p-1/t24-/m0/s1. The summed E-state index contributed by atoms with van der Waals surface area (Å²) in [5.74, 6) is -0.795. The summed E-state index contributed by atoms with van der Waals surface area (Å²) in [4.78, 5) is 37.0. The molecule has 196 valence electrons. The van der Waals surface area contributed by atoms with Crippen LogP contribution in [0.2, 0.25) is 0 Å². The number of aliphatic carboxylic acids is 1. The molecule has 0 radical (unpaired) electrons. The minimum atomic E-state index is -1.36. The lowest BCUT2D eigenvalue weighted by atomic mass is 9.98. The molecule has 0 bridgehead atoms. The van der Waals surface area contributed by atoms with Crippen molar-refractivity contribution in [2.75, 3.05) is 12.4 Å². The molecule has 0 fully saturated rings. The van der Waals surface area contributed by atoms with Crippen LogP contribution in [0.3, 0.4) is 0 Å². The molecule has 0 aliphatic heterocycles.